The van der Waals surface area contributed by atoms with E-state index in [0.29, 0.717) is 0 Å². The zero-order valence-electron chi connectivity index (χ0n) is 11.7. The highest BCUT2D eigenvalue weighted by Gasteiger charge is 1.91. The lowest BCUT2D eigenvalue weighted by Crippen LogP contribution is -1.83. The molecule has 2 aromatic carbocycles. The van der Waals surface area contributed by atoms with E-state index in [1.54, 1.807) is 0 Å². The quantitative estimate of drug-likeness (QED) is 0.645. The Labute approximate surface area is 117 Å². The van der Waals surface area contributed by atoms with Gasteiger partial charge in [-0.25, -0.2) is 0 Å². The largest absolute Gasteiger partial charge is 0.103 e. The van der Waals surface area contributed by atoms with Crippen molar-refractivity contribution in [2.45, 2.75) is 19.8 Å². The molecule has 2 aromatic rings. The maximum atomic E-state index is 3.74. The van der Waals surface area contributed by atoms with E-state index in [1.807, 2.05) is 36.4 Å². The molecular formula is C19H22. The predicted octanol–water partition coefficient (Wildman–Crippen LogP) is 5.31. The van der Waals surface area contributed by atoms with Crippen molar-refractivity contribution >= 4 is 6.08 Å². The molecule has 0 aliphatic carbocycles. The molecule has 0 amide bonds. The molecular weight excluding hydrogens is 228 g/mol. The number of allylic oxidation sites excluding steroid dienone is 1. The number of rotatable bonds is 4. The number of aryl methyl sites for hydroxylation is 1. The Balaban J connectivity index is 0.000000191. The molecule has 0 spiro atoms. The van der Waals surface area contributed by atoms with E-state index in [4.69, 9.17) is 0 Å². The molecule has 0 aliphatic heterocycles. The third-order valence-corrected chi connectivity index (χ3v) is 2.88. The Morgan fingerprint density at radius 1 is 0.895 bits per heavy atom. The van der Waals surface area contributed by atoms with Crippen LogP contribution >= 0.6 is 0 Å². The van der Waals surface area contributed by atoms with E-state index in [1.165, 1.54) is 16.7 Å². The van der Waals surface area contributed by atoms with Crippen molar-refractivity contribution in [3.63, 3.8) is 0 Å². The van der Waals surface area contributed by atoms with Crippen LogP contribution in [0.4, 0.5) is 0 Å². The van der Waals surface area contributed by atoms with Crippen LogP contribution in [0.3, 0.4) is 0 Å². The molecule has 98 valence electrons. The first-order chi connectivity index (χ1) is 9.31. The topological polar surface area (TPSA) is 0 Å². The van der Waals surface area contributed by atoms with Gasteiger partial charge in [0.2, 0.25) is 0 Å². The second kappa shape index (κ2) is 8.93. The van der Waals surface area contributed by atoms with Crippen LogP contribution < -0.4 is 0 Å². The summed E-state index contributed by atoms with van der Waals surface area (Å²) in [5.41, 5.74) is 3.95. The van der Waals surface area contributed by atoms with E-state index < -0.39 is 0 Å². The third-order valence-electron chi connectivity index (χ3n) is 2.88. The van der Waals surface area contributed by atoms with Crippen molar-refractivity contribution in [1.82, 2.24) is 0 Å². The third kappa shape index (κ3) is 5.39. The highest BCUT2D eigenvalue weighted by molar-refractivity contribution is 5.51. The van der Waals surface area contributed by atoms with Gasteiger partial charge in [-0.1, -0.05) is 80.3 Å². The molecule has 0 unspecified atom stereocenters. The van der Waals surface area contributed by atoms with Gasteiger partial charge in [0.25, 0.3) is 0 Å². The van der Waals surface area contributed by atoms with Crippen molar-refractivity contribution in [2.24, 2.45) is 0 Å². The molecule has 0 bridgehead atoms. The second-order valence-corrected chi connectivity index (χ2v) is 4.23. The molecule has 0 radical (unpaired) electrons. The maximum Gasteiger partial charge on any atom is -0.0100 e. The zero-order chi connectivity index (χ0) is 13.9. The smallest absolute Gasteiger partial charge is 0.0100 e. The van der Waals surface area contributed by atoms with Gasteiger partial charge in [0.1, 0.15) is 0 Å². The Bertz CT molecular complexity index is 494. The van der Waals surface area contributed by atoms with E-state index in [0.717, 1.165) is 12.8 Å². The summed E-state index contributed by atoms with van der Waals surface area (Å²) in [6, 6.07) is 18.6. The highest BCUT2D eigenvalue weighted by atomic mass is 14.0. The van der Waals surface area contributed by atoms with E-state index in [-0.39, 0.29) is 0 Å². The highest BCUT2D eigenvalue weighted by Crippen LogP contribution is 2.09. The summed E-state index contributed by atoms with van der Waals surface area (Å²) in [6.45, 7) is 9.55. The maximum absolute atomic E-state index is 3.74. The van der Waals surface area contributed by atoms with Gasteiger partial charge < -0.3 is 0 Å². The minimum Gasteiger partial charge on any atom is -0.103 e. The fraction of sp³-hybridized carbons (Fsp3) is 0.158. The lowest BCUT2D eigenvalue weighted by atomic mass is 10.1. The Morgan fingerprint density at radius 3 is 2.05 bits per heavy atom. The van der Waals surface area contributed by atoms with Crippen molar-refractivity contribution in [3.8, 4) is 0 Å². The van der Waals surface area contributed by atoms with E-state index in [9.17, 15) is 0 Å². The van der Waals surface area contributed by atoms with Crippen molar-refractivity contribution in [3.05, 3.63) is 90.5 Å². The molecule has 2 rings (SSSR count). The molecule has 0 saturated heterocycles. The molecule has 0 saturated carbocycles. The normalized spacial score (nSPS) is 9.11. The second-order valence-electron chi connectivity index (χ2n) is 4.23. The van der Waals surface area contributed by atoms with Crippen LogP contribution in [0.1, 0.15) is 23.6 Å². The minimum atomic E-state index is 0.973. The van der Waals surface area contributed by atoms with Crippen molar-refractivity contribution < 1.29 is 0 Å². The van der Waals surface area contributed by atoms with Crippen LogP contribution in [0.2, 0.25) is 0 Å². The van der Waals surface area contributed by atoms with Crippen LogP contribution in [0.15, 0.2) is 73.8 Å². The molecule has 0 heterocycles. The van der Waals surface area contributed by atoms with Crippen molar-refractivity contribution in [2.75, 3.05) is 0 Å². The van der Waals surface area contributed by atoms with E-state index >= 15 is 0 Å². The van der Waals surface area contributed by atoms with Gasteiger partial charge in [-0.15, -0.1) is 6.58 Å². The summed E-state index contributed by atoms with van der Waals surface area (Å²) in [5, 5.41) is 0. The molecule has 0 fully saturated rings. The van der Waals surface area contributed by atoms with Gasteiger partial charge in [0, 0.05) is 0 Å². The van der Waals surface area contributed by atoms with Crippen LogP contribution in [0.5, 0.6) is 0 Å². The Kier molecular flexibility index (Phi) is 7.04. The van der Waals surface area contributed by atoms with Crippen LogP contribution in [-0.2, 0) is 12.8 Å². The SMILES string of the molecule is C=CCc1ccccc1.C=Cc1ccccc1CC. The average Bonchev–Trinajstić information content (AvgIpc) is 2.49. The standard InChI is InChI=1S/C10H12.C9H10/c1-3-9-7-5-6-8-10(9)4-2;1-2-6-9-7-4-3-5-8-9/h3,5-8H,1,4H2,2H3;2-5,7-8H,1,6H2. The Hall–Kier alpha value is -2.08. The molecule has 0 aromatic heterocycles. The van der Waals surface area contributed by atoms with Gasteiger partial charge in [-0.3, -0.25) is 0 Å². The van der Waals surface area contributed by atoms with Crippen LogP contribution in [0.25, 0.3) is 6.08 Å². The summed E-state index contributed by atoms with van der Waals surface area (Å²) in [4.78, 5) is 0. The molecule has 0 N–H and O–H groups in total. The lowest BCUT2D eigenvalue weighted by molar-refractivity contribution is 1.13. The first-order valence-corrected chi connectivity index (χ1v) is 6.67. The van der Waals surface area contributed by atoms with Crippen molar-refractivity contribution in [1.29, 1.82) is 0 Å². The number of benzene rings is 2. The molecule has 0 atom stereocenters. The number of hydrogen-bond acceptors (Lipinski definition) is 0. The predicted molar refractivity (Wildman–Crippen MR) is 86.3 cm³/mol. The molecule has 19 heavy (non-hydrogen) atoms. The lowest BCUT2D eigenvalue weighted by Gasteiger charge is -1.99. The first kappa shape index (κ1) is 15.0. The minimum absolute atomic E-state index is 0.973. The summed E-state index contributed by atoms with van der Waals surface area (Å²) in [7, 11) is 0. The summed E-state index contributed by atoms with van der Waals surface area (Å²) in [6.07, 6.45) is 5.87. The monoisotopic (exact) mass is 250 g/mol. The summed E-state index contributed by atoms with van der Waals surface area (Å²) >= 11 is 0. The van der Waals surface area contributed by atoms with Gasteiger partial charge in [-0.05, 0) is 29.5 Å². The fourth-order valence-corrected chi connectivity index (χ4v) is 1.84. The van der Waals surface area contributed by atoms with Crippen LogP contribution in [-0.4, -0.2) is 0 Å². The van der Waals surface area contributed by atoms with Gasteiger partial charge in [0.05, 0.1) is 0 Å². The fourth-order valence-electron chi connectivity index (χ4n) is 1.84. The molecule has 0 nitrogen and oxygen atoms in total. The van der Waals surface area contributed by atoms with Gasteiger partial charge in [0.15, 0.2) is 0 Å². The zero-order valence-corrected chi connectivity index (χ0v) is 11.7. The van der Waals surface area contributed by atoms with E-state index in [2.05, 4.69) is 50.4 Å². The average molecular weight is 250 g/mol. The summed E-state index contributed by atoms with van der Waals surface area (Å²) < 4.78 is 0. The van der Waals surface area contributed by atoms with Gasteiger partial charge in [-0.2, -0.15) is 0 Å². The molecule has 0 aliphatic rings. The molecule has 0 heteroatoms. The van der Waals surface area contributed by atoms with Gasteiger partial charge >= 0.3 is 0 Å². The van der Waals surface area contributed by atoms with Crippen LogP contribution in [0, 0.1) is 0 Å². The Morgan fingerprint density at radius 2 is 1.53 bits per heavy atom. The summed E-state index contributed by atoms with van der Waals surface area (Å²) in [5.74, 6) is 0. The first-order valence-electron chi connectivity index (χ1n) is 6.67. The number of hydrogen-bond donors (Lipinski definition) is 0.